The number of aliphatic imine (C=N–C) groups is 1. The Morgan fingerprint density at radius 2 is 2.20 bits per heavy atom. The Hall–Kier alpha value is -1.76. The molecule has 0 bridgehead atoms. The average molecular weight is 463 g/mol. The minimum atomic E-state index is -1.02. The molecule has 0 spiro atoms. The smallest absolute Gasteiger partial charge is 0.206 e. The van der Waals surface area contributed by atoms with Crippen LogP contribution >= 0.6 is 34.3 Å². The van der Waals surface area contributed by atoms with Crippen LogP contribution in [-0.2, 0) is 9.49 Å². The van der Waals surface area contributed by atoms with E-state index in [2.05, 4.69) is 13.0 Å². The topological polar surface area (TPSA) is 65.7 Å². The van der Waals surface area contributed by atoms with Gasteiger partial charge in [0.1, 0.15) is 28.0 Å². The molecule has 4 rings (SSSR count). The molecule has 5 nitrogen and oxygen atoms in total. The molecule has 2 aromatic rings. The number of carbonyl (C=O) groups excluding carboxylic acids is 1. The Kier molecular flexibility index (Phi) is 4.14. The third kappa shape index (κ3) is 2.43. The molecule has 0 amide bonds. The van der Waals surface area contributed by atoms with Crippen molar-refractivity contribution in [2.75, 3.05) is 11.4 Å². The fourth-order valence-electron chi connectivity index (χ4n) is 3.31. The van der Waals surface area contributed by atoms with Gasteiger partial charge in [0.15, 0.2) is 5.84 Å². The Balaban J connectivity index is 1.83. The van der Waals surface area contributed by atoms with E-state index in [1.807, 2.05) is 46.1 Å². The fourth-order valence-corrected chi connectivity index (χ4v) is 4.89. The van der Waals surface area contributed by atoms with Crippen molar-refractivity contribution in [3.05, 3.63) is 46.3 Å². The van der Waals surface area contributed by atoms with E-state index in [0.717, 1.165) is 22.0 Å². The highest BCUT2D eigenvalue weighted by Gasteiger charge is 2.55. The number of nitrogens with zero attached hydrogens (tertiary/aromatic N) is 3. The summed E-state index contributed by atoms with van der Waals surface area (Å²) in [4.78, 5) is 21.2. The number of hydrogen-bond acceptors (Lipinski definition) is 6. The molecule has 7 heteroatoms. The number of rotatable bonds is 3. The number of anilines is 1. The van der Waals surface area contributed by atoms with Crippen LogP contribution in [0.5, 0.6) is 0 Å². The zero-order valence-corrected chi connectivity index (χ0v) is 16.4. The summed E-state index contributed by atoms with van der Waals surface area (Å²) >= 11 is 3.38. The van der Waals surface area contributed by atoms with Gasteiger partial charge in [-0.15, -0.1) is 11.3 Å². The fraction of sp³-hybridized carbons (Fsp3) is 0.278. The Morgan fingerprint density at radius 3 is 2.84 bits per heavy atom. The number of thiophene rings is 1. The summed E-state index contributed by atoms with van der Waals surface area (Å²) in [6.07, 6.45) is 1.44. The van der Waals surface area contributed by atoms with Crippen LogP contribution in [0.4, 0.5) is 10.7 Å². The molecule has 0 N–H and O–H groups in total. The second kappa shape index (κ2) is 6.20. The van der Waals surface area contributed by atoms with Crippen molar-refractivity contribution in [3.8, 4) is 6.07 Å². The molecule has 25 heavy (non-hydrogen) atoms. The lowest BCUT2D eigenvalue weighted by Crippen LogP contribution is -2.49. The normalized spacial score (nSPS) is 21.6. The van der Waals surface area contributed by atoms with Crippen LogP contribution in [0.25, 0.3) is 0 Å². The van der Waals surface area contributed by atoms with Crippen LogP contribution in [0.3, 0.4) is 0 Å². The number of hydrogen-bond donors (Lipinski definition) is 0. The van der Waals surface area contributed by atoms with Crippen LogP contribution in [-0.4, -0.2) is 23.8 Å². The van der Waals surface area contributed by atoms with Gasteiger partial charge in [-0.1, -0.05) is 6.92 Å². The van der Waals surface area contributed by atoms with Gasteiger partial charge in [-0.05, 0) is 36.8 Å². The summed E-state index contributed by atoms with van der Waals surface area (Å²) in [5, 5.41) is 9.74. The largest absolute Gasteiger partial charge is 0.327 e. The molecule has 1 fully saturated rings. The zero-order valence-electron chi connectivity index (χ0n) is 13.5. The van der Waals surface area contributed by atoms with Crippen molar-refractivity contribution in [3.63, 3.8) is 0 Å². The zero-order chi connectivity index (χ0) is 17.6. The van der Waals surface area contributed by atoms with Crippen LogP contribution in [0.15, 0.2) is 35.3 Å². The molecule has 0 aliphatic carbocycles. The number of carbonyl (C=O) groups is 1. The third-order valence-electron chi connectivity index (χ3n) is 4.67. The van der Waals surface area contributed by atoms with E-state index < -0.39 is 5.60 Å². The molecular formula is C18H14IN3O2S. The summed E-state index contributed by atoms with van der Waals surface area (Å²) in [7, 11) is 0. The SMILES string of the molecule is CCc1cc2c(s1)N=C1N(c3ccc(C#N)cc3)CC[C@@]1(OI)C2=O. The lowest BCUT2D eigenvalue weighted by Gasteiger charge is -2.30. The van der Waals surface area contributed by atoms with E-state index in [0.29, 0.717) is 29.9 Å². The number of halogens is 1. The minimum absolute atomic E-state index is 0.00556. The molecule has 2 aliphatic rings. The van der Waals surface area contributed by atoms with Crippen LogP contribution in [0, 0.1) is 11.3 Å². The molecule has 126 valence electrons. The molecule has 0 radical (unpaired) electrons. The van der Waals surface area contributed by atoms with Gasteiger partial charge in [0.25, 0.3) is 0 Å². The van der Waals surface area contributed by atoms with Gasteiger partial charge >= 0.3 is 0 Å². The lowest BCUT2D eigenvalue weighted by atomic mass is 9.90. The summed E-state index contributed by atoms with van der Waals surface area (Å²) in [6.45, 7) is 2.72. The number of amidine groups is 1. The first-order valence-electron chi connectivity index (χ1n) is 7.97. The van der Waals surface area contributed by atoms with E-state index in [1.54, 1.807) is 23.5 Å². The van der Waals surface area contributed by atoms with Crippen molar-refractivity contribution in [2.24, 2.45) is 4.99 Å². The molecule has 0 saturated carbocycles. The third-order valence-corrected chi connectivity index (χ3v) is 6.60. The maximum atomic E-state index is 13.2. The number of nitriles is 1. The van der Waals surface area contributed by atoms with Crippen molar-refractivity contribution in [1.82, 2.24) is 0 Å². The number of fused-ring (bicyclic) bond motifs is 2. The standard InChI is InChI=1S/C18H14IN3O2S/c1-2-13-9-14-15(23)18(24-19)7-8-22(17(18)21-16(14)25-13)12-5-3-11(10-20)4-6-12/h3-6,9H,2,7-8H2,1H3/t18-/m1/s1. The lowest BCUT2D eigenvalue weighted by molar-refractivity contribution is 0.0770. The number of Topliss-reactive ketones (excluding diaryl/α,β-unsaturated/α-hetero) is 1. The first kappa shape index (κ1) is 16.7. The van der Waals surface area contributed by atoms with E-state index >= 15 is 0 Å². The maximum absolute atomic E-state index is 13.2. The highest BCUT2D eigenvalue weighted by molar-refractivity contribution is 14.1. The molecule has 1 aromatic heterocycles. The predicted octanol–water partition coefficient (Wildman–Crippen LogP) is 4.42. The highest BCUT2D eigenvalue weighted by atomic mass is 127. The van der Waals surface area contributed by atoms with E-state index in [-0.39, 0.29) is 5.78 Å². The second-order valence-electron chi connectivity index (χ2n) is 6.01. The molecule has 2 aliphatic heterocycles. The number of ketones is 1. The summed E-state index contributed by atoms with van der Waals surface area (Å²) in [5.74, 6) is 0.641. The maximum Gasteiger partial charge on any atom is 0.206 e. The van der Waals surface area contributed by atoms with Crippen molar-refractivity contribution >= 4 is 56.6 Å². The molecular weight excluding hydrogens is 449 g/mol. The summed E-state index contributed by atoms with van der Waals surface area (Å²) < 4.78 is 5.71. The molecule has 1 saturated heterocycles. The van der Waals surface area contributed by atoms with Crippen LogP contribution < -0.4 is 4.90 Å². The molecule has 3 heterocycles. The van der Waals surface area contributed by atoms with Gasteiger partial charge in [-0.25, -0.2) is 4.99 Å². The minimum Gasteiger partial charge on any atom is -0.327 e. The average Bonchev–Trinajstić information content (AvgIpc) is 3.24. The van der Waals surface area contributed by atoms with Gasteiger partial charge in [0.2, 0.25) is 11.4 Å². The van der Waals surface area contributed by atoms with Gasteiger partial charge in [-0.3, -0.25) is 7.86 Å². The van der Waals surface area contributed by atoms with Crippen molar-refractivity contribution < 1.29 is 7.86 Å². The second-order valence-corrected chi connectivity index (χ2v) is 7.57. The molecule has 1 atom stereocenters. The van der Waals surface area contributed by atoms with E-state index in [1.165, 1.54) is 0 Å². The van der Waals surface area contributed by atoms with Gasteiger partial charge in [0.05, 0.1) is 17.2 Å². The Labute approximate surface area is 163 Å². The summed E-state index contributed by atoms with van der Waals surface area (Å²) in [5.41, 5.74) is 1.17. The first-order valence-corrected chi connectivity index (χ1v) is 9.67. The quantitative estimate of drug-likeness (QED) is 0.633. The Bertz CT molecular complexity index is 929. The van der Waals surface area contributed by atoms with Crippen molar-refractivity contribution in [1.29, 1.82) is 5.26 Å². The monoisotopic (exact) mass is 463 g/mol. The summed E-state index contributed by atoms with van der Waals surface area (Å²) in [6, 6.07) is 11.4. The number of aryl methyl sites for hydroxylation is 1. The number of benzene rings is 1. The van der Waals surface area contributed by atoms with Gasteiger partial charge in [-0.2, -0.15) is 5.26 Å². The van der Waals surface area contributed by atoms with Gasteiger partial charge < -0.3 is 4.90 Å². The molecule has 1 aromatic carbocycles. The van der Waals surface area contributed by atoms with E-state index in [4.69, 9.17) is 13.3 Å². The first-order chi connectivity index (χ1) is 12.1. The van der Waals surface area contributed by atoms with E-state index in [9.17, 15) is 4.79 Å². The van der Waals surface area contributed by atoms with Gasteiger partial charge in [0, 0.05) is 23.5 Å². The van der Waals surface area contributed by atoms with Crippen LogP contribution in [0.1, 0.15) is 34.1 Å². The Morgan fingerprint density at radius 1 is 1.44 bits per heavy atom. The molecule has 0 unspecified atom stereocenters. The van der Waals surface area contributed by atoms with Crippen LogP contribution in [0.2, 0.25) is 0 Å². The predicted molar refractivity (Wildman–Crippen MR) is 106 cm³/mol. The van der Waals surface area contributed by atoms with Crippen molar-refractivity contribution in [2.45, 2.75) is 25.4 Å². The highest BCUT2D eigenvalue weighted by Crippen LogP contribution is 2.45.